The van der Waals surface area contributed by atoms with Crippen molar-refractivity contribution < 1.29 is 37.5 Å². The van der Waals surface area contributed by atoms with Crippen molar-refractivity contribution in [1.82, 2.24) is 25.3 Å². The fourth-order valence-corrected chi connectivity index (χ4v) is 5.59. The van der Waals surface area contributed by atoms with Crippen LogP contribution in [0.1, 0.15) is 66.5 Å². The van der Waals surface area contributed by atoms with Crippen LogP contribution in [0.3, 0.4) is 0 Å². The summed E-state index contributed by atoms with van der Waals surface area (Å²) < 4.78 is 31.7. The Morgan fingerprint density at radius 3 is 1.92 bits per heavy atom. The first-order valence-corrected chi connectivity index (χ1v) is 16.1. The molecule has 0 aromatic heterocycles. The minimum absolute atomic E-state index is 0.0144. The number of carbonyl (C=O) groups is 4. The number of likely N-dealkylation sites (N-methyl/N-ethyl adjacent to an activating group) is 3. The Hall–Kier alpha value is -3.45. The van der Waals surface area contributed by atoms with E-state index in [1.54, 1.807) is 19.0 Å². The van der Waals surface area contributed by atoms with Crippen LogP contribution in [0.5, 0.6) is 0 Å². The van der Waals surface area contributed by atoms with Gasteiger partial charge in [-0.25, -0.2) is 4.79 Å². The predicted molar refractivity (Wildman–Crippen MR) is 181 cm³/mol. The average Bonchev–Trinajstić information content (AvgIpc) is 2.97. The monoisotopic (exact) mass is 683 g/mol. The molecule has 3 N–H and O–H groups in total. The standard InChI is InChI=1S/C33H55N5O3.C2HF3O2/c1-22(2)26(21-24(4)30(40)38-18-16-36(11)17-19-38)37(12)31(41)28(32(5,6)7)35-29(39)27(34-10)33(8,9)25-15-13-14-23(3)20-25;3-2(4,5)1(6)7/h13-15,20-22,26-28,34H,16-19H2,1-12H3,(H,35,39);(H,6,7)/b24-21+;/t26-,27-,28-;/m1./s1. The number of hydrogen-bond acceptors (Lipinski definition) is 6. The highest BCUT2D eigenvalue weighted by molar-refractivity contribution is 5.94. The number of amides is 3. The molecule has 1 fully saturated rings. The van der Waals surface area contributed by atoms with Gasteiger partial charge in [-0.05, 0) is 44.8 Å². The SMILES string of the molecule is CN[C@H](C(=O)N[C@H](C(=O)N(C)[C@H](/C=C(\C)C(=O)N1CCN(C)CC1)C(C)C)C(C)(C)C)C(C)(C)c1cccc(C)c1.O=C(O)C(F)(F)F. The number of carboxylic acid groups (broad SMARTS) is 1. The van der Waals surface area contributed by atoms with Crippen LogP contribution >= 0.6 is 0 Å². The number of alkyl halides is 3. The summed E-state index contributed by atoms with van der Waals surface area (Å²) in [5.41, 5.74) is 1.76. The zero-order valence-electron chi connectivity index (χ0n) is 30.6. The van der Waals surface area contributed by atoms with E-state index >= 15 is 0 Å². The summed E-state index contributed by atoms with van der Waals surface area (Å²) in [5, 5.41) is 13.4. The number of aryl methyl sites for hydroxylation is 1. The van der Waals surface area contributed by atoms with E-state index in [0.717, 1.165) is 24.2 Å². The molecule has 1 aromatic rings. The van der Waals surface area contributed by atoms with E-state index in [9.17, 15) is 27.6 Å². The van der Waals surface area contributed by atoms with Gasteiger partial charge in [0.2, 0.25) is 17.7 Å². The summed E-state index contributed by atoms with van der Waals surface area (Å²) in [6.07, 6.45) is -3.16. The van der Waals surface area contributed by atoms with Crippen LogP contribution in [0.15, 0.2) is 35.9 Å². The Balaban J connectivity index is 0.00000148. The number of carboxylic acids is 1. The molecule has 13 heteroatoms. The molecule has 48 heavy (non-hydrogen) atoms. The lowest BCUT2D eigenvalue weighted by atomic mass is 9.76. The third-order valence-electron chi connectivity index (χ3n) is 8.70. The highest BCUT2D eigenvalue weighted by Crippen LogP contribution is 2.30. The Morgan fingerprint density at radius 2 is 1.50 bits per heavy atom. The summed E-state index contributed by atoms with van der Waals surface area (Å²) in [6, 6.07) is 6.56. The summed E-state index contributed by atoms with van der Waals surface area (Å²) in [7, 11) is 5.61. The second-order valence-electron chi connectivity index (χ2n) is 14.6. The van der Waals surface area contributed by atoms with Crippen LogP contribution in [0, 0.1) is 18.3 Å². The van der Waals surface area contributed by atoms with Gasteiger partial charge in [-0.1, -0.05) is 84.4 Å². The number of hydrogen-bond donors (Lipinski definition) is 3. The number of nitrogens with one attached hydrogen (secondary N) is 2. The number of carbonyl (C=O) groups excluding carboxylic acids is 3. The number of halogens is 3. The topological polar surface area (TPSA) is 122 Å². The molecule has 0 aliphatic carbocycles. The highest BCUT2D eigenvalue weighted by Gasteiger charge is 2.42. The average molecular weight is 684 g/mol. The van der Waals surface area contributed by atoms with E-state index in [-0.39, 0.29) is 29.7 Å². The molecule has 3 atom stereocenters. The third-order valence-corrected chi connectivity index (χ3v) is 8.70. The van der Waals surface area contributed by atoms with Crippen molar-refractivity contribution >= 4 is 23.7 Å². The number of rotatable bonds is 10. The van der Waals surface area contributed by atoms with Crippen molar-refractivity contribution in [2.75, 3.05) is 47.3 Å². The van der Waals surface area contributed by atoms with Gasteiger partial charge in [-0.15, -0.1) is 0 Å². The molecule has 272 valence electrons. The van der Waals surface area contributed by atoms with E-state index in [1.807, 2.05) is 91.5 Å². The summed E-state index contributed by atoms with van der Waals surface area (Å²) in [6.45, 7) is 21.1. The van der Waals surface area contributed by atoms with E-state index in [2.05, 4.69) is 28.6 Å². The molecular formula is C35H56F3N5O5. The van der Waals surface area contributed by atoms with Crippen molar-refractivity contribution in [3.05, 3.63) is 47.0 Å². The molecule has 2 rings (SSSR count). The molecule has 0 spiro atoms. The normalized spacial score (nSPS) is 16.8. The molecule has 10 nitrogen and oxygen atoms in total. The minimum Gasteiger partial charge on any atom is -0.475 e. The number of aliphatic carboxylic acids is 1. The largest absolute Gasteiger partial charge is 0.490 e. The summed E-state index contributed by atoms with van der Waals surface area (Å²) >= 11 is 0. The molecule has 0 saturated carbocycles. The Labute approximate surface area is 284 Å². The lowest BCUT2D eigenvalue weighted by molar-refractivity contribution is -0.192. The molecule has 0 bridgehead atoms. The zero-order valence-corrected chi connectivity index (χ0v) is 30.6. The second kappa shape index (κ2) is 17.3. The maximum absolute atomic E-state index is 14.1. The van der Waals surface area contributed by atoms with Gasteiger partial charge in [0.1, 0.15) is 6.04 Å². The lowest BCUT2D eigenvalue weighted by Crippen LogP contribution is -2.61. The van der Waals surface area contributed by atoms with Crippen molar-refractivity contribution in [3.8, 4) is 0 Å². The number of benzene rings is 1. The Morgan fingerprint density at radius 1 is 0.979 bits per heavy atom. The van der Waals surface area contributed by atoms with Gasteiger partial charge in [-0.3, -0.25) is 14.4 Å². The summed E-state index contributed by atoms with van der Waals surface area (Å²) in [5.74, 6) is -3.07. The quantitative estimate of drug-likeness (QED) is 0.316. The summed E-state index contributed by atoms with van der Waals surface area (Å²) in [4.78, 5) is 55.8. The first kappa shape index (κ1) is 42.6. The molecular weight excluding hydrogens is 627 g/mol. The Kier molecular flexibility index (Phi) is 15.3. The van der Waals surface area contributed by atoms with Crippen molar-refractivity contribution in [2.24, 2.45) is 11.3 Å². The van der Waals surface area contributed by atoms with Gasteiger partial charge in [0.15, 0.2) is 0 Å². The van der Waals surface area contributed by atoms with E-state index in [1.165, 1.54) is 0 Å². The van der Waals surface area contributed by atoms with Crippen LogP contribution in [-0.2, 0) is 24.6 Å². The van der Waals surface area contributed by atoms with Crippen molar-refractivity contribution in [2.45, 2.75) is 92.0 Å². The maximum Gasteiger partial charge on any atom is 0.490 e. The van der Waals surface area contributed by atoms with Gasteiger partial charge in [-0.2, -0.15) is 13.2 Å². The third kappa shape index (κ3) is 11.9. The number of nitrogens with zero attached hydrogens (tertiary/aromatic N) is 3. The molecule has 1 aliphatic heterocycles. The van der Waals surface area contributed by atoms with E-state index in [0.29, 0.717) is 18.7 Å². The van der Waals surface area contributed by atoms with Gasteiger partial charge in [0, 0.05) is 44.2 Å². The van der Waals surface area contributed by atoms with E-state index in [4.69, 9.17) is 9.90 Å². The smallest absolute Gasteiger partial charge is 0.475 e. The van der Waals surface area contributed by atoms with Crippen LogP contribution in [0.25, 0.3) is 0 Å². The van der Waals surface area contributed by atoms with Gasteiger partial charge >= 0.3 is 12.1 Å². The second-order valence-corrected chi connectivity index (χ2v) is 14.6. The molecule has 0 radical (unpaired) electrons. The molecule has 0 unspecified atom stereocenters. The fraction of sp³-hybridized carbons (Fsp3) is 0.657. The van der Waals surface area contributed by atoms with Crippen LogP contribution in [0.2, 0.25) is 0 Å². The Bertz CT molecular complexity index is 1300. The number of piperazine rings is 1. The molecule has 3 amide bonds. The first-order valence-electron chi connectivity index (χ1n) is 16.1. The van der Waals surface area contributed by atoms with E-state index < -0.39 is 35.1 Å². The molecule has 1 saturated heterocycles. The molecule has 1 heterocycles. The highest BCUT2D eigenvalue weighted by atomic mass is 19.4. The molecule has 1 aromatic carbocycles. The maximum atomic E-state index is 14.1. The minimum atomic E-state index is -5.08. The van der Waals surface area contributed by atoms with Crippen LogP contribution < -0.4 is 10.6 Å². The zero-order chi connectivity index (χ0) is 37.4. The molecule has 1 aliphatic rings. The first-order chi connectivity index (χ1) is 21.9. The lowest BCUT2D eigenvalue weighted by Gasteiger charge is -2.40. The van der Waals surface area contributed by atoms with Gasteiger partial charge < -0.3 is 30.4 Å². The van der Waals surface area contributed by atoms with Gasteiger partial charge in [0.05, 0.1) is 12.1 Å². The van der Waals surface area contributed by atoms with Crippen molar-refractivity contribution in [3.63, 3.8) is 0 Å². The van der Waals surface area contributed by atoms with Gasteiger partial charge in [0.25, 0.3) is 0 Å². The fourth-order valence-electron chi connectivity index (χ4n) is 5.59. The predicted octanol–water partition coefficient (Wildman–Crippen LogP) is 4.23. The van der Waals surface area contributed by atoms with Crippen molar-refractivity contribution in [1.29, 1.82) is 0 Å². The van der Waals surface area contributed by atoms with Crippen LogP contribution in [-0.4, -0.2) is 115 Å². The van der Waals surface area contributed by atoms with Crippen LogP contribution in [0.4, 0.5) is 13.2 Å².